The number of esters is 1. The molecule has 1 heterocycles. The van der Waals surface area contributed by atoms with Crippen molar-refractivity contribution in [3.8, 4) is 0 Å². The minimum Gasteiger partial charge on any atom is -0.452 e. The summed E-state index contributed by atoms with van der Waals surface area (Å²) in [7, 11) is 0. The van der Waals surface area contributed by atoms with Crippen LogP contribution in [0.1, 0.15) is 26.4 Å². The summed E-state index contributed by atoms with van der Waals surface area (Å²) in [6.45, 7) is 7.15. The molecule has 148 valence electrons. The first-order valence-electron chi connectivity index (χ1n) is 8.80. The van der Waals surface area contributed by atoms with Crippen LogP contribution in [-0.2, 0) is 19.1 Å². The van der Waals surface area contributed by atoms with E-state index in [4.69, 9.17) is 4.74 Å². The molecular weight excluding hydrogens is 376 g/mol. The first-order valence-corrected chi connectivity index (χ1v) is 9.62. The second-order valence-corrected chi connectivity index (χ2v) is 7.81. The first kappa shape index (κ1) is 21.4. The molecule has 28 heavy (non-hydrogen) atoms. The van der Waals surface area contributed by atoms with Gasteiger partial charge in [0, 0.05) is 21.5 Å². The molecule has 0 bridgehead atoms. The molecule has 2 N–H and O–H groups in total. The molecule has 2 rings (SSSR count). The van der Waals surface area contributed by atoms with Crippen LogP contribution in [0.15, 0.2) is 30.3 Å². The molecule has 0 radical (unpaired) electrons. The number of aryl methyl sites for hydroxylation is 4. The van der Waals surface area contributed by atoms with Gasteiger partial charge in [0.25, 0.3) is 5.91 Å². The van der Waals surface area contributed by atoms with Gasteiger partial charge in [-0.3, -0.25) is 9.59 Å². The van der Waals surface area contributed by atoms with Crippen molar-refractivity contribution in [3.05, 3.63) is 56.8 Å². The van der Waals surface area contributed by atoms with Gasteiger partial charge in [-0.15, -0.1) is 11.3 Å². The van der Waals surface area contributed by atoms with E-state index in [0.29, 0.717) is 0 Å². The molecular formula is C21H24N2O4S. The van der Waals surface area contributed by atoms with Crippen LogP contribution in [0.2, 0.25) is 0 Å². The van der Waals surface area contributed by atoms with Crippen molar-refractivity contribution in [1.82, 2.24) is 5.32 Å². The number of thiophene rings is 1. The Bertz CT molecular complexity index is 892. The summed E-state index contributed by atoms with van der Waals surface area (Å²) in [6, 6.07) is 7.80. The molecule has 6 nitrogen and oxygen atoms in total. The van der Waals surface area contributed by atoms with E-state index in [2.05, 4.69) is 10.6 Å². The fourth-order valence-electron chi connectivity index (χ4n) is 2.67. The number of nitrogens with one attached hydrogen (secondary N) is 2. The smallest absolute Gasteiger partial charge is 0.331 e. The number of hydrogen-bond acceptors (Lipinski definition) is 5. The van der Waals surface area contributed by atoms with E-state index in [-0.39, 0.29) is 12.5 Å². The number of amides is 2. The van der Waals surface area contributed by atoms with Gasteiger partial charge in [0.2, 0.25) is 5.91 Å². The number of hydrogen-bond donors (Lipinski definition) is 2. The highest BCUT2D eigenvalue weighted by Crippen LogP contribution is 2.21. The van der Waals surface area contributed by atoms with Gasteiger partial charge in [0.15, 0.2) is 6.61 Å². The van der Waals surface area contributed by atoms with E-state index in [9.17, 15) is 14.4 Å². The Morgan fingerprint density at radius 1 is 1.04 bits per heavy atom. The Morgan fingerprint density at radius 3 is 2.32 bits per heavy atom. The molecule has 0 saturated heterocycles. The van der Waals surface area contributed by atoms with Crippen LogP contribution in [0.4, 0.5) is 5.69 Å². The zero-order valence-electron chi connectivity index (χ0n) is 16.4. The Morgan fingerprint density at radius 2 is 1.71 bits per heavy atom. The summed E-state index contributed by atoms with van der Waals surface area (Å²) < 4.78 is 4.87. The van der Waals surface area contributed by atoms with Crippen LogP contribution in [-0.4, -0.2) is 30.9 Å². The van der Waals surface area contributed by atoms with Crippen molar-refractivity contribution < 1.29 is 19.1 Å². The molecule has 0 saturated carbocycles. The second-order valence-electron chi connectivity index (χ2n) is 6.49. The quantitative estimate of drug-likeness (QED) is 0.552. The predicted octanol–water partition coefficient (Wildman–Crippen LogP) is 3.29. The normalized spacial score (nSPS) is 10.7. The lowest BCUT2D eigenvalue weighted by atomic mass is 10.1. The van der Waals surface area contributed by atoms with Crippen LogP contribution in [0.25, 0.3) is 6.08 Å². The largest absolute Gasteiger partial charge is 0.452 e. The van der Waals surface area contributed by atoms with E-state index in [1.807, 2.05) is 52.0 Å². The first-order chi connectivity index (χ1) is 13.2. The fourth-order valence-corrected chi connectivity index (χ4v) is 3.45. The lowest BCUT2D eigenvalue weighted by Gasteiger charge is -2.13. The average molecular weight is 401 g/mol. The number of ether oxygens (including phenoxy) is 1. The Balaban J connectivity index is 1.74. The molecule has 0 unspecified atom stereocenters. The van der Waals surface area contributed by atoms with Crippen LogP contribution in [0, 0.1) is 27.7 Å². The summed E-state index contributed by atoms with van der Waals surface area (Å²) in [5.74, 6) is -1.50. The van der Waals surface area contributed by atoms with Crippen molar-refractivity contribution in [2.75, 3.05) is 18.5 Å². The summed E-state index contributed by atoms with van der Waals surface area (Å²) in [6.07, 6.45) is 2.91. The lowest BCUT2D eigenvalue weighted by molar-refractivity contribution is -0.143. The summed E-state index contributed by atoms with van der Waals surface area (Å²) >= 11 is 1.55. The third kappa shape index (κ3) is 6.66. The van der Waals surface area contributed by atoms with Gasteiger partial charge in [-0.25, -0.2) is 4.79 Å². The third-order valence-corrected chi connectivity index (χ3v) is 4.84. The Kier molecular flexibility index (Phi) is 7.52. The van der Waals surface area contributed by atoms with Crippen molar-refractivity contribution in [1.29, 1.82) is 0 Å². The van der Waals surface area contributed by atoms with Gasteiger partial charge >= 0.3 is 5.97 Å². The molecule has 7 heteroatoms. The minimum absolute atomic E-state index is 0.201. The van der Waals surface area contributed by atoms with Gasteiger partial charge in [-0.05, 0) is 57.0 Å². The second kappa shape index (κ2) is 9.85. The molecule has 0 aliphatic rings. The van der Waals surface area contributed by atoms with Crippen molar-refractivity contribution >= 4 is 40.9 Å². The highest BCUT2D eigenvalue weighted by atomic mass is 32.1. The monoisotopic (exact) mass is 400 g/mol. The summed E-state index contributed by atoms with van der Waals surface area (Å²) in [5, 5.41) is 5.23. The van der Waals surface area contributed by atoms with E-state index in [1.54, 1.807) is 17.4 Å². The molecule has 2 aromatic rings. The van der Waals surface area contributed by atoms with Crippen molar-refractivity contribution in [3.63, 3.8) is 0 Å². The van der Waals surface area contributed by atoms with Crippen molar-refractivity contribution in [2.45, 2.75) is 27.7 Å². The fraction of sp³-hybridized carbons (Fsp3) is 0.286. The number of anilines is 1. The molecule has 0 aliphatic carbocycles. The number of carbonyl (C=O) groups excluding carboxylic acids is 3. The molecule has 0 spiro atoms. The maximum absolute atomic E-state index is 12.1. The van der Waals surface area contributed by atoms with Crippen LogP contribution >= 0.6 is 11.3 Å². The van der Waals surface area contributed by atoms with Crippen molar-refractivity contribution in [2.24, 2.45) is 0 Å². The molecule has 2 amide bonds. The topological polar surface area (TPSA) is 84.5 Å². The molecule has 1 aromatic heterocycles. The van der Waals surface area contributed by atoms with Gasteiger partial charge in [-0.2, -0.15) is 0 Å². The highest BCUT2D eigenvalue weighted by molar-refractivity contribution is 7.12. The maximum Gasteiger partial charge on any atom is 0.331 e. The zero-order valence-corrected chi connectivity index (χ0v) is 17.2. The minimum atomic E-state index is -0.614. The standard InChI is InChI=1S/C21H24N2O4S/c1-13-9-14(2)21(15(3)10-13)23-18(24)11-22-19(25)12-27-20(26)8-7-17-6-5-16(4)28-17/h5-10H,11-12H2,1-4H3,(H,22,25)(H,23,24)/b8-7+. The van der Waals surface area contributed by atoms with E-state index in [1.165, 1.54) is 6.08 Å². The van der Waals surface area contributed by atoms with Gasteiger partial charge in [0.05, 0.1) is 6.54 Å². The van der Waals surface area contributed by atoms with Gasteiger partial charge in [0.1, 0.15) is 0 Å². The van der Waals surface area contributed by atoms with E-state index < -0.39 is 18.5 Å². The molecule has 0 fully saturated rings. The lowest BCUT2D eigenvalue weighted by Crippen LogP contribution is -2.35. The van der Waals surface area contributed by atoms with Crippen LogP contribution in [0.3, 0.4) is 0 Å². The molecule has 0 aliphatic heterocycles. The molecule has 1 aromatic carbocycles. The number of benzene rings is 1. The maximum atomic E-state index is 12.1. The van der Waals surface area contributed by atoms with Gasteiger partial charge < -0.3 is 15.4 Å². The Hall–Kier alpha value is -2.93. The summed E-state index contributed by atoms with van der Waals surface area (Å²) in [4.78, 5) is 37.5. The molecule has 0 atom stereocenters. The predicted molar refractivity (Wildman–Crippen MR) is 111 cm³/mol. The zero-order chi connectivity index (χ0) is 20.7. The van der Waals surface area contributed by atoms with Crippen LogP contribution < -0.4 is 10.6 Å². The Labute approximate surface area is 168 Å². The number of carbonyl (C=O) groups is 3. The third-order valence-electron chi connectivity index (χ3n) is 3.88. The average Bonchev–Trinajstić information content (AvgIpc) is 3.04. The number of rotatable bonds is 7. The van der Waals surface area contributed by atoms with E-state index >= 15 is 0 Å². The van der Waals surface area contributed by atoms with E-state index in [0.717, 1.165) is 32.1 Å². The van der Waals surface area contributed by atoms with Gasteiger partial charge in [-0.1, -0.05) is 17.7 Å². The van der Waals surface area contributed by atoms with Crippen LogP contribution in [0.5, 0.6) is 0 Å². The highest BCUT2D eigenvalue weighted by Gasteiger charge is 2.11. The summed E-state index contributed by atoms with van der Waals surface area (Å²) in [5.41, 5.74) is 3.77. The SMILES string of the molecule is Cc1cc(C)c(NC(=O)CNC(=O)COC(=O)/C=C/c2ccc(C)s2)c(C)c1.